The van der Waals surface area contributed by atoms with Crippen molar-refractivity contribution in [2.75, 3.05) is 13.1 Å². The summed E-state index contributed by atoms with van der Waals surface area (Å²) in [6.45, 7) is 0.560. The molecule has 0 spiro atoms. The number of fused-ring (bicyclic) bond motifs is 3. The summed E-state index contributed by atoms with van der Waals surface area (Å²) in [6.07, 6.45) is -1.43. The van der Waals surface area contributed by atoms with Crippen molar-refractivity contribution in [2.24, 2.45) is 0 Å². The first-order valence-electron chi connectivity index (χ1n) is 8.21. The summed E-state index contributed by atoms with van der Waals surface area (Å²) in [5, 5.41) is 9.62. The average Bonchev–Trinajstić information content (AvgIpc) is 3.09. The van der Waals surface area contributed by atoms with E-state index in [-0.39, 0.29) is 12.5 Å². The van der Waals surface area contributed by atoms with Crippen molar-refractivity contribution in [3.05, 3.63) is 24.3 Å². The number of hydrogen-bond donors (Lipinski definition) is 1. The van der Waals surface area contributed by atoms with Crippen LogP contribution in [0.25, 0.3) is 22.1 Å². The predicted molar refractivity (Wildman–Crippen MR) is 86.2 cm³/mol. The molecule has 1 unspecified atom stereocenters. The lowest BCUT2D eigenvalue weighted by Gasteiger charge is -2.33. The molecule has 1 aliphatic heterocycles. The fourth-order valence-electron chi connectivity index (χ4n) is 3.50. The van der Waals surface area contributed by atoms with Crippen LogP contribution in [0.1, 0.15) is 30.9 Å². The number of likely N-dealkylation sites (tertiary alicyclic amines) is 1. The normalized spacial score (nSPS) is 18.6. The number of aromatic nitrogens is 5. The van der Waals surface area contributed by atoms with Crippen molar-refractivity contribution >= 4 is 28.0 Å². The first kappa shape index (κ1) is 16.7. The molecule has 1 N–H and O–H groups in total. The zero-order valence-corrected chi connectivity index (χ0v) is 13.6. The molecule has 7 nitrogen and oxygen atoms in total. The van der Waals surface area contributed by atoms with E-state index in [9.17, 15) is 18.0 Å². The second-order valence-electron chi connectivity index (χ2n) is 6.37. The van der Waals surface area contributed by atoms with Gasteiger partial charge in [0.15, 0.2) is 11.3 Å². The maximum atomic E-state index is 12.5. The molecule has 1 amide bonds. The summed E-state index contributed by atoms with van der Waals surface area (Å²) in [5.41, 5.74) is 1.73. The molecule has 0 aliphatic carbocycles. The van der Waals surface area contributed by atoms with Gasteiger partial charge in [0, 0.05) is 36.3 Å². The van der Waals surface area contributed by atoms with Crippen LogP contribution in [0.15, 0.2) is 18.6 Å². The third-order valence-electron chi connectivity index (χ3n) is 4.62. The number of amides is 1. The van der Waals surface area contributed by atoms with Crippen LogP contribution in [0, 0.1) is 0 Å². The number of carbonyl (C=O) groups excluding carboxylic acids is 1. The van der Waals surface area contributed by atoms with Gasteiger partial charge in [-0.2, -0.15) is 13.2 Å². The number of aromatic amines is 1. The molecule has 0 bridgehead atoms. The highest BCUT2D eigenvalue weighted by atomic mass is 19.4. The molecular weight excluding hydrogens is 349 g/mol. The van der Waals surface area contributed by atoms with Gasteiger partial charge in [0.2, 0.25) is 5.91 Å². The monoisotopic (exact) mass is 364 g/mol. The molecule has 4 rings (SSSR count). The summed E-state index contributed by atoms with van der Waals surface area (Å²) in [4.78, 5) is 24.7. The predicted octanol–water partition coefficient (Wildman–Crippen LogP) is 2.56. The number of hydrogen-bond acceptors (Lipinski definition) is 5. The van der Waals surface area contributed by atoms with E-state index in [0.717, 1.165) is 22.9 Å². The molecular formula is C16H15F3N6O. The summed E-state index contributed by atoms with van der Waals surface area (Å²) >= 11 is 0. The fourth-order valence-corrected chi connectivity index (χ4v) is 3.50. The van der Waals surface area contributed by atoms with Crippen molar-refractivity contribution in [3.8, 4) is 0 Å². The van der Waals surface area contributed by atoms with Crippen molar-refractivity contribution in [1.82, 2.24) is 30.0 Å². The number of piperidine rings is 1. The van der Waals surface area contributed by atoms with Gasteiger partial charge in [-0.15, -0.1) is 10.2 Å². The van der Waals surface area contributed by atoms with Crippen LogP contribution in [-0.4, -0.2) is 55.2 Å². The Morgan fingerprint density at radius 1 is 1.27 bits per heavy atom. The smallest absolute Gasteiger partial charge is 0.349 e. The zero-order valence-electron chi connectivity index (χ0n) is 13.6. The molecule has 3 aromatic rings. The minimum Gasteiger partial charge on any atom is -0.349 e. The lowest BCUT2D eigenvalue weighted by Crippen LogP contribution is -2.41. The number of H-pyrrole nitrogens is 1. The number of nitrogens with one attached hydrogen (secondary N) is 1. The van der Waals surface area contributed by atoms with Gasteiger partial charge >= 0.3 is 6.18 Å². The van der Waals surface area contributed by atoms with Crippen LogP contribution in [0.3, 0.4) is 0 Å². The Bertz CT molecular complexity index is 969. The molecule has 0 saturated carbocycles. The van der Waals surface area contributed by atoms with Crippen LogP contribution in [0.2, 0.25) is 0 Å². The Morgan fingerprint density at radius 2 is 2.08 bits per heavy atom. The van der Waals surface area contributed by atoms with E-state index in [0.29, 0.717) is 24.3 Å². The second-order valence-corrected chi connectivity index (χ2v) is 6.37. The van der Waals surface area contributed by atoms with Crippen molar-refractivity contribution < 1.29 is 18.0 Å². The van der Waals surface area contributed by atoms with E-state index in [2.05, 4.69) is 25.1 Å². The van der Waals surface area contributed by atoms with Gasteiger partial charge in [-0.05, 0) is 18.9 Å². The lowest BCUT2D eigenvalue weighted by atomic mass is 9.92. The topological polar surface area (TPSA) is 87.7 Å². The Hall–Kier alpha value is -2.78. The largest absolute Gasteiger partial charge is 0.397 e. The van der Waals surface area contributed by atoms with Crippen molar-refractivity contribution in [2.45, 2.75) is 31.4 Å². The number of carbonyl (C=O) groups is 1. The minimum atomic E-state index is -4.50. The number of nitrogens with zero attached hydrogens (tertiary/aromatic N) is 5. The van der Waals surface area contributed by atoms with Crippen LogP contribution in [0.5, 0.6) is 0 Å². The van der Waals surface area contributed by atoms with E-state index in [1.54, 1.807) is 12.3 Å². The maximum absolute atomic E-state index is 12.5. The second kappa shape index (κ2) is 6.19. The van der Waals surface area contributed by atoms with E-state index in [1.165, 1.54) is 11.2 Å². The Labute approximate surface area is 145 Å². The third-order valence-corrected chi connectivity index (χ3v) is 4.62. The Balaban J connectivity index is 1.69. The molecule has 1 aliphatic rings. The first-order chi connectivity index (χ1) is 12.4. The molecule has 10 heteroatoms. The van der Waals surface area contributed by atoms with Crippen molar-refractivity contribution in [1.29, 1.82) is 0 Å². The molecule has 26 heavy (non-hydrogen) atoms. The Morgan fingerprint density at radius 3 is 2.88 bits per heavy atom. The maximum Gasteiger partial charge on any atom is 0.397 e. The SMILES string of the molecule is O=C(CC(F)(F)F)N1CCCC(c2[nH]cnc3nnc4nccc4c23)C1. The summed E-state index contributed by atoms with van der Waals surface area (Å²) in [5.74, 6) is -1.02. The molecule has 1 fully saturated rings. The highest BCUT2D eigenvalue weighted by Crippen LogP contribution is 2.33. The standard InChI is InChI=1S/C16H15F3N6O/c17-16(18,19)6-11(26)25-5-1-2-9(7-25)13-12-10-3-4-20-14(10)23-24-15(12)22-8-21-13/h3-4,8-9H,1-2,5-7H2,(H,21,22,24). The average molecular weight is 364 g/mol. The van der Waals surface area contributed by atoms with Crippen LogP contribution in [0.4, 0.5) is 13.2 Å². The number of alkyl halides is 3. The number of rotatable bonds is 2. The summed E-state index contributed by atoms with van der Waals surface area (Å²) < 4.78 is 37.6. The molecule has 4 heterocycles. The molecule has 0 radical (unpaired) electrons. The molecule has 1 atom stereocenters. The van der Waals surface area contributed by atoms with Crippen LogP contribution < -0.4 is 0 Å². The van der Waals surface area contributed by atoms with Gasteiger partial charge in [0.25, 0.3) is 0 Å². The third kappa shape index (κ3) is 3.06. The van der Waals surface area contributed by atoms with E-state index in [4.69, 9.17) is 0 Å². The van der Waals surface area contributed by atoms with Crippen LogP contribution in [-0.2, 0) is 4.79 Å². The van der Waals surface area contributed by atoms with Crippen LogP contribution >= 0.6 is 0 Å². The number of halogens is 3. The van der Waals surface area contributed by atoms with Gasteiger partial charge in [-0.25, -0.2) is 9.97 Å². The Kier molecular flexibility index (Phi) is 3.97. The van der Waals surface area contributed by atoms with Gasteiger partial charge in [0.05, 0.1) is 11.7 Å². The highest BCUT2D eigenvalue weighted by molar-refractivity contribution is 6.02. The minimum absolute atomic E-state index is 0.131. The van der Waals surface area contributed by atoms with Gasteiger partial charge < -0.3 is 9.88 Å². The van der Waals surface area contributed by atoms with Crippen molar-refractivity contribution in [3.63, 3.8) is 0 Å². The lowest BCUT2D eigenvalue weighted by molar-refractivity contribution is -0.162. The van der Waals surface area contributed by atoms with E-state index < -0.39 is 18.5 Å². The zero-order chi connectivity index (χ0) is 18.3. The molecule has 0 aromatic carbocycles. The summed E-state index contributed by atoms with van der Waals surface area (Å²) in [6, 6.07) is 1.81. The first-order valence-corrected chi connectivity index (χ1v) is 8.21. The fraction of sp³-hybridized carbons (Fsp3) is 0.438. The molecule has 1 saturated heterocycles. The van der Waals surface area contributed by atoms with Gasteiger partial charge in [-0.1, -0.05) is 0 Å². The highest BCUT2D eigenvalue weighted by Gasteiger charge is 2.35. The molecule has 3 aromatic heterocycles. The van der Waals surface area contributed by atoms with E-state index >= 15 is 0 Å². The molecule has 136 valence electrons. The van der Waals surface area contributed by atoms with Gasteiger partial charge in [-0.3, -0.25) is 4.79 Å². The quantitative estimate of drug-likeness (QED) is 0.755. The van der Waals surface area contributed by atoms with Gasteiger partial charge in [0.1, 0.15) is 6.42 Å². The summed E-state index contributed by atoms with van der Waals surface area (Å²) in [7, 11) is 0. The van der Waals surface area contributed by atoms with E-state index in [1.807, 2.05) is 0 Å².